The highest BCUT2D eigenvalue weighted by Gasteiger charge is 2.28. The number of quaternary nitrogens is 1. The third-order valence-corrected chi connectivity index (χ3v) is 1.76. The molecule has 0 aliphatic carbocycles. The Balaban J connectivity index is 0. The Hall–Kier alpha value is -2.17. The van der Waals surface area contributed by atoms with Crippen molar-refractivity contribution in [3.63, 3.8) is 0 Å². The largest absolute Gasteiger partial charge is 0.542 e. The van der Waals surface area contributed by atoms with Crippen molar-refractivity contribution in [3.05, 3.63) is 0 Å². The van der Waals surface area contributed by atoms with E-state index in [-0.39, 0.29) is 31.1 Å². The zero-order valence-electron chi connectivity index (χ0n) is 11.0. The Morgan fingerprint density at radius 2 is 1.67 bits per heavy atom. The van der Waals surface area contributed by atoms with Crippen LogP contribution < -0.4 is 16.2 Å². The van der Waals surface area contributed by atoms with E-state index in [1.807, 2.05) is 0 Å². The van der Waals surface area contributed by atoms with E-state index in [1.54, 1.807) is 6.92 Å². The first-order valence-electron chi connectivity index (χ1n) is 5.50. The smallest absolute Gasteiger partial charge is 0.430 e. The lowest BCUT2D eigenvalue weighted by molar-refractivity contribution is -0.398. The molecule has 0 fully saturated rings. The lowest BCUT2D eigenvalue weighted by Crippen LogP contribution is -2.66. The molecule has 1 atom stereocenters. The Morgan fingerprint density at radius 1 is 1.24 bits per heavy atom. The van der Waals surface area contributed by atoms with Gasteiger partial charge in [-0.15, -0.1) is 0 Å². The average Bonchev–Trinajstić information content (AvgIpc) is 2.32. The number of carbonyl (C=O) groups is 4. The molecule has 0 aromatic rings. The minimum Gasteiger partial charge on any atom is -0.542 e. The summed E-state index contributed by atoms with van der Waals surface area (Å²) in [6, 6.07) is -0.415. The summed E-state index contributed by atoms with van der Waals surface area (Å²) in [6.07, 6.45) is -5.45. The van der Waals surface area contributed by atoms with Crippen molar-refractivity contribution in [2.75, 3.05) is 6.54 Å². The highest BCUT2D eigenvalue weighted by molar-refractivity contribution is 5.88. The molecule has 0 saturated heterocycles. The summed E-state index contributed by atoms with van der Waals surface area (Å²) in [5, 5.41) is 19.4. The van der Waals surface area contributed by atoms with E-state index in [0.717, 1.165) is 0 Å². The van der Waals surface area contributed by atoms with Crippen molar-refractivity contribution < 1.29 is 48.3 Å². The standard InChI is InChI=1S/C8H14N2O4.C2HF3O2/c1-5(9)8(14)10-4-6(11)2-3-7(12)13;3-2(4,5)1(6)7/h5H,2-4,9H2,1H3,(H,10,14)(H,12,13);(H,6,7)/t5-;/m0./s1. The van der Waals surface area contributed by atoms with Crippen LogP contribution in [0.15, 0.2) is 0 Å². The van der Waals surface area contributed by atoms with Gasteiger partial charge in [-0.25, -0.2) is 0 Å². The highest BCUT2D eigenvalue weighted by Crippen LogP contribution is 2.11. The van der Waals surface area contributed by atoms with Crippen molar-refractivity contribution in [2.24, 2.45) is 0 Å². The maximum Gasteiger partial charge on any atom is 0.430 e. The summed E-state index contributed by atoms with van der Waals surface area (Å²) in [7, 11) is 0. The minimum atomic E-state index is -5.19. The average molecular weight is 316 g/mol. The van der Waals surface area contributed by atoms with Gasteiger partial charge in [0.1, 0.15) is 5.97 Å². The van der Waals surface area contributed by atoms with Gasteiger partial charge < -0.3 is 26.1 Å². The molecule has 21 heavy (non-hydrogen) atoms. The lowest BCUT2D eigenvalue weighted by atomic mass is 10.2. The van der Waals surface area contributed by atoms with E-state index >= 15 is 0 Å². The normalized spacial score (nSPS) is 11.7. The van der Waals surface area contributed by atoms with Crippen LogP contribution in [0.5, 0.6) is 0 Å². The van der Waals surface area contributed by atoms with E-state index in [4.69, 9.17) is 15.0 Å². The van der Waals surface area contributed by atoms with E-state index in [0.29, 0.717) is 0 Å². The van der Waals surface area contributed by atoms with Gasteiger partial charge in [0.2, 0.25) is 0 Å². The van der Waals surface area contributed by atoms with E-state index < -0.39 is 24.2 Å². The number of hydrogen-bond donors (Lipinski definition) is 3. The third-order valence-electron chi connectivity index (χ3n) is 1.76. The molecule has 0 bridgehead atoms. The molecule has 0 saturated carbocycles. The van der Waals surface area contributed by atoms with Gasteiger partial charge in [0, 0.05) is 6.42 Å². The number of amides is 1. The van der Waals surface area contributed by atoms with Crippen molar-refractivity contribution in [2.45, 2.75) is 32.0 Å². The maximum atomic E-state index is 11.0. The fourth-order valence-electron chi connectivity index (χ4n) is 0.695. The molecule has 0 unspecified atom stereocenters. The summed E-state index contributed by atoms with van der Waals surface area (Å²) < 4.78 is 31.5. The Morgan fingerprint density at radius 3 is 1.95 bits per heavy atom. The molecule has 0 aliphatic heterocycles. The number of hydrogen-bond acceptors (Lipinski definition) is 5. The first-order valence-corrected chi connectivity index (χ1v) is 5.50. The molecular formula is C10H15F3N2O6. The lowest BCUT2D eigenvalue weighted by Gasteiger charge is -2.03. The van der Waals surface area contributed by atoms with Gasteiger partial charge in [-0.1, -0.05) is 0 Å². The fourth-order valence-corrected chi connectivity index (χ4v) is 0.695. The molecule has 0 heterocycles. The highest BCUT2D eigenvalue weighted by atomic mass is 19.4. The minimum absolute atomic E-state index is 0.0544. The summed E-state index contributed by atoms with van der Waals surface area (Å²) in [5.41, 5.74) is 3.47. The number of carboxylic acids is 2. The van der Waals surface area contributed by atoms with E-state index in [1.165, 1.54) is 0 Å². The molecule has 11 heteroatoms. The van der Waals surface area contributed by atoms with Gasteiger partial charge >= 0.3 is 12.1 Å². The van der Waals surface area contributed by atoms with Gasteiger partial charge in [0.15, 0.2) is 11.8 Å². The van der Waals surface area contributed by atoms with Gasteiger partial charge in [-0.2, -0.15) is 13.2 Å². The van der Waals surface area contributed by atoms with Crippen LogP contribution in [0.3, 0.4) is 0 Å². The number of nitrogens with one attached hydrogen (secondary N) is 1. The molecule has 0 aliphatic rings. The summed E-state index contributed by atoms with van der Waals surface area (Å²) in [5.74, 6) is -4.63. The molecule has 5 N–H and O–H groups in total. The predicted octanol–water partition coefficient (Wildman–Crippen LogP) is -2.53. The van der Waals surface area contributed by atoms with Crippen LogP contribution in [-0.4, -0.2) is 47.5 Å². The molecule has 8 nitrogen and oxygen atoms in total. The number of halogens is 3. The number of carbonyl (C=O) groups excluding carboxylic acids is 3. The fraction of sp³-hybridized carbons (Fsp3) is 0.600. The monoisotopic (exact) mass is 316 g/mol. The van der Waals surface area contributed by atoms with Crippen LogP contribution >= 0.6 is 0 Å². The Labute approximate surface area is 117 Å². The van der Waals surface area contributed by atoms with Crippen molar-refractivity contribution >= 4 is 23.6 Å². The van der Waals surface area contributed by atoms with Crippen molar-refractivity contribution in [3.8, 4) is 0 Å². The Kier molecular flexibility index (Phi) is 9.75. The second-order valence-electron chi connectivity index (χ2n) is 3.84. The molecule has 1 amide bonds. The summed E-state index contributed by atoms with van der Waals surface area (Å²) in [6.45, 7) is 1.49. The number of rotatable bonds is 6. The third kappa shape index (κ3) is 14.1. The van der Waals surface area contributed by atoms with Gasteiger partial charge in [0.05, 0.1) is 13.0 Å². The van der Waals surface area contributed by atoms with Crippen LogP contribution in [0.2, 0.25) is 0 Å². The zero-order chi connectivity index (χ0) is 17.2. The number of Topliss-reactive ketones (excluding diaryl/α,β-unsaturated/α-hetero) is 1. The van der Waals surface area contributed by atoms with Crippen molar-refractivity contribution in [1.82, 2.24) is 5.32 Å². The molecule has 0 aromatic carbocycles. The van der Waals surface area contributed by atoms with Gasteiger partial charge in [-0.3, -0.25) is 14.4 Å². The number of alkyl halides is 3. The first-order chi connectivity index (χ1) is 9.37. The SMILES string of the molecule is C[C@H]([NH3+])C(=O)NCC(=O)CCC(=O)O.O=C([O-])C(F)(F)F. The number of ketones is 1. The first kappa shape index (κ1) is 21.1. The quantitative estimate of drug-likeness (QED) is 0.491. The Bertz CT molecular complexity index is 395. The van der Waals surface area contributed by atoms with Gasteiger partial charge in [0.25, 0.3) is 5.91 Å². The number of aliphatic carboxylic acids is 2. The maximum absolute atomic E-state index is 11.0. The van der Waals surface area contributed by atoms with Crippen LogP contribution in [-0.2, 0) is 19.2 Å². The molecule has 0 spiro atoms. The molecule has 0 radical (unpaired) electrons. The van der Waals surface area contributed by atoms with E-state index in [2.05, 4.69) is 11.1 Å². The molecule has 0 rings (SSSR count). The number of carboxylic acid groups (broad SMARTS) is 2. The van der Waals surface area contributed by atoms with Crippen LogP contribution in [0.1, 0.15) is 19.8 Å². The molecular weight excluding hydrogens is 301 g/mol. The molecule has 0 aromatic heterocycles. The molecule has 122 valence electrons. The second kappa shape index (κ2) is 9.69. The van der Waals surface area contributed by atoms with E-state index in [9.17, 15) is 27.6 Å². The van der Waals surface area contributed by atoms with Crippen LogP contribution in [0.25, 0.3) is 0 Å². The summed E-state index contributed by atoms with van der Waals surface area (Å²) >= 11 is 0. The summed E-state index contributed by atoms with van der Waals surface area (Å²) in [4.78, 5) is 40.8. The predicted molar refractivity (Wildman–Crippen MR) is 58.3 cm³/mol. The zero-order valence-corrected chi connectivity index (χ0v) is 11.0. The van der Waals surface area contributed by atoms with Gasteiger partial charge in [-0.05, 0) is 6.92 Å². The topological polar surface area (TPSA) is 151 Å². The van der Waals surface area contributed by atoms with Crippen molar-refractivity contribution in [1.29, 1.82) is 0 Å². The second-order valence-corrected chi connectivity index (χ2v) is 3.84. The van der Waals surface area contributed by atoms with Crippen LogP contribution in [0.4, 0.5) is 13.2 Å². The van der Waals surface area contributed by atoms with Crippen LogP contribution in [0, 0.1) is 0 Å².